The molecule has 0 unspecified atom stereocenters. The zero-order chi connectivity index (χ0) is 14.8. The molecule has 0 radical (unpaired) electrons. The molecule has 1 aromatic rings. The van der Waals surface area contributed by atoms with Crippen LogP contribution in [0.2, 0.25) is 0 Å². The van der Waals surface area contributed by atoms with Crippen molar-refractivity contribution >= 4 is 23.8 Å². The molecule has 1 amide bonds. The molecule has 0 aromatic heterocycles. The van der Waals surface area contributed by atoms with Crippen molar-refractivity contribution in [2.75, 3.05) is 18.1 Å². The highest BCUT2D eigenvalue weighted by Gasteiger charge is 2.20. The van der Waals surface area contributed by atoms with Crippen LogP contribution in [-0.2, 0) is 16.1 Å². The normalized spacial score (nSPS) is 11.7. The fourth-order valence-electron chi connectivity index (χ4n) is 1.35. The summed E-state index contributed by atoms with van der Waals surface area (Å²) in [5.74, 6) is -0.534. The van der Waals surface area contributed by atoms with Crippen molar-refractivity contribution in [2.24, 2.45) is 0 Å². The molecule has 20 heavy (non-hydrogen) atoms. The van der Waals surface area contributed by atoms with Gasteiger partial charge in [-0.2, -0.15) is 11.8 Å². The number of carboxylic acid groups (broad SMARTS) is 1. The molecule has 0 aliphatic heterocycles. The number of nitrogens with one attached hydrogen (secondary N) is 1. The second kappa shape index (κ2) is 9.22. The lowest BCUT2D eigenvalue weighted by Gasteiger charge is -2.14. The van der Waals surface area contributed by atoms with Crippen LogP contribution in [0.25, 0.3) is 0 Å². The largest absolute Gasteiger partial charge is 0.480 e. The molecule has 0 fully saturated rings. The number of alkyl carbamates (subject to hydrolysis) is 1. The predicted molar refractivity (Wildman–Crippen MR) is 75.6 cm³/mol. The third-order valence-electron chi connectivity index (χ3n) is 2.32. The number of thioether (sulfide) groups is 1. The summed E-state index contributed by atoms with van der Waals surface area (Å²) in [6.45, 7) is 0.0538. The van der Waals surface area contributed by atoms with Crippen LogP contribution < -0.4 is 5.32 Å². The van der Waals surface area contributed by atoms with E-state index in [1.165, 1.54) is 11.8 Å². The quantitative estimate of drug-likeness (QED) is 0.622. The highest BCUT2D eigenvalue weighted by molar-refractivity contribution is 7.99. The first-order valence-electron chi connectivity index (χ1n) is 6.02. The van der Waals surface area contributed by atoms with E-state index in [-0.39, 0.29) is 19.0 Å². The first kappa shape index (κ1) is 16.3. The first-order valence-corrected chi connectivity index (χ1v) is 7.17. The van der Waals surface area contributed by atoms with Gasteiger partial charge in [-0.3, -0.25) is 0 Å². The standard InChI is InChI=1S/C13H17NO5S/c15-6-7-20-9-11(12(16)17)14-13(18)19-8-10-4-2-1-3-5-10/h1-5,11,15H,6-9H2,(H,14,18)(H,16,17)/t11-/m1/s1. The maximum atomic E-state index is 11.5. The maximum absolute atomic E-state index is 11.5. The van der Waals surface area contributed by atoms with Crippen LogP contribution in [0.3, 0.4) is 0 Å². The minimum Gasteiger partial charge on any atom is -0.480 e. The minimum absolute atomic E-state index is 0.0323. The Bertz CT molecular complexity index is 426. The molecular weight excluding hydrogens is 282 g/mol. The third-order valence-corrected chi connectivity index (χ3v) is 3.36. The number of aliphatic hydroxyl groups is 1. The Hall–Kier alpha value is -1.73. The highest BCUT2D eigenvalue weighted by Crippen LogP contribution is 2.04. The molecule has 0 heterocycles. The highest BCUT2D eigenvalue weighted by atomic mass is 32.2. The van der Waals surface area contributed by atoms with Gasteiger partial charge in [0.25, 0.3) is 0 Å². The van der Waals surface area contributed by atoms with Crippen LogP contribution in [0.5, 0.6) is 0 Å². The minimum atomic E-state index is -1.13. The molecule has 0 spiro atoms. The molecule has 3 N–H and O–H groups in total. The number of benzene rings is 1. The average molecular weight is 299 g/mol. The zero-order valence-corrected chi connectivity index (χ0v) is 11.6. The number of rotatable bonds is 8. The smallest absolute Gasteiger partial charge is 0.408 e. The number of aliphatic carboxylic acids is 1. The van der Waals surface area contributed by atoms with Crippen LogP contribution in [-0.4, -0.2) is 46.4 Å². The van der Waals surface area contributed by atoms with Crippen LogP contribution in [0.4, 0.5) is 4.79 Å². The molecule has 0 saturated carbocycles. The fraction of sp³-hybridized carbons (Fsp3) is 0.385. The summed E-state index contributed by atoms with van der Waals surface area (Å²) in [4.78, 5) is 22.5. The van der Waals surface area contributed by atoms with Gasteiger partial charge < -0.3 is 20.3 Å². The molecule has 0 saturated heterocycles. The first-order chi connectivity index (χ1) is 9.63. The van der Waals surface area contributed by atoms with Gasteiger partial charge in [0.2, 0.25) is 0 Å². The summed E-state index contributed by atoms with van der Waals surface area (Å²) in [5, 5.41) is 19.9. The van der Waals surface area contributed by atoms with Gasteiger partial charge in [0.1, 0.15) is 12.6 Å². The van der Waals surface area contributed by atoms with E-state index >= 15 is 0 Å². The number of carbonyl (C=O) groups is 2. The maximum Gasteiger partial charge on any atom is 0.408 e. The van der Waals surface area contributed by atoms with Gasteiger partial charge in [-0.1, -0.05) is 30.3 Å². The average Bonchev–Trinajstić information content (AvgIpc) is 2.45. The zero-order valence-electron chi connectivity index (χ0n) is 10.8. The lowest BCUT2D eigenvalue weighted by atomic mass is 10.2. The number of carbonyl (C=O) groups excluding carboxylic acids is 1. The van der Waals surface area contributed by atoms with E-state index in [0.29, 0.717) is 5.75 Å². The molecule has 1 atom stereocenters. The Morgan fingerprint density at radius 2 is 2.00 bits per heavy atom. The summed E-state index contributed by atoms with van der Waals surface area (Å²) in [6.07, 6.45) is -0.772. The predicted octanol–water partition coefficient (Wildman–Crippen LogP) is 1.09. The molecule has 6 nitrogen and oxygen atoms in total. The molecule has 110 valence electrons. The molecule has 1 rings (SSSR count). The summed E-state index contributed by atoms with van der Waals surface area (Å²) in [6, 6.07) is 8.07. The van der Waals surface area contributed by atoms with Crippen molar-refractivity contribution in [1.29, 1.82) is 0 Å². The summed E-state index contributed by atoms with van der Waals surface area (Å²) in [5.41, 5.74) is 0.823. The second-order valence-electron chi connectivity index (χ2n) is 3.90. The van der Waals surface area contributed by atoms with Crippen LogP contribution in [0.15, 0.2) is 30.3 Å². The number of ether oxygens (including phenoxy) is 1. The lowest BCUT2D eigenvalue weighted by molar-refractivity contribution is -0.138. The van der Waals surface area contributed by atoms with E-state index in [1.807, 2.05) is 18.2 Å². The summed E-state index contributed by atoms with van der Waals surface area (Å²) < 4.78 is 4.94. The Labute approximate surface area is 121 Å². The number of carboxylic acids is 1. The van der Waals surface area contributed by atoms with E-state index in [0.717, 1.165) is 5.56 Å². The van der Waals surface area contributed by atoms with Crippen LogP contribution >= 0.6 is 11.8 Å². The number of aliphatic hydroxyl groups excluding tert-OH is 1. The van der Waals surface area contributed by atoms with Crippen molar-refractivity contribution in [1.82, 2.24) is 5.32 Å². The Balaban J connectivity index is 2.36. The van der Waals surface area contributed by atoms with Gasteiger partial charge in [0.05, 0.1) is 6.61 Å². The number of hydrogen-bond donors (Lipinski definition) is 3. The van der Waals surface area contributed by atoms with Gasteiger partial charge in [0.15, 0.2) is 0 Å². The van der Waals surface area contributed by atoms with Gasteiger partial charge in [-0.05, 0) is 5.56 Å². The van der Waals surface area contributed by atoms with Gasteiger partial charge in [-0.15, -0.1) is 0 Å². The van der Waals surface area contributed by atoms with E-state index in [4.69, 9.17) is 14.9 Å². The van der Waals surface area contributed by atoms with E-state index < -0.39 is 18.1 Å². The molecule has 1 aromatic carbocycles. The second-order valence-corrected chi connectivity index (χ2v) is 5.05. The number of amides is 1. The topological polar surface area (TPSA) is 95.9 Å². The van der Waals surface area contributed by atoms with E-state index in [1.54, 1.807) is 12.1 Å². The summed E-state index contributed by atoms with van der Waals surface area (Å²) >= 11 is 1.25. The Kier molecular flexibility index (Phi) is 7.52. The molecule has 7 heteroatoms. The van der Waals surface area contributed by atoms with Crippen LogP contribution in [0.1, 0.15) is 5.56 Å². The lowest BCUT2D eigenvalue weighted by Crippen LogP contribution is -2.42. The van der Waals surface area contributed by atoms with Crippen molar-refractivity contribution < 1.29 is 24.5 Å². The Morgan fingerprint density at radius 3 is 2.60 bits per heavy atom. The van der Waals surface area contributed by atoms with Crippen molar-refractivity contribution in [3.8, 4) is 0 Å². The SMILES string of the molecule is O=C(N[C@H](CSCCO)C(=O)O)OCc1ccccc1. The van der Waals surface area contributed by atoms with Gasteiger partial charge in [0, 0.05) is 11.5 Å². The molecule has 0 aliphatic carbocycles. The molecule has 0 bridgehead atoms. The van der Waals surface area contributed by atoms with Crippen LogP contribution in [0, 0.1) is 0 Å². The van der Waals surface area contributed by atoms with Crippen molar-refractivity contribution in [2.45, 2.75) is 12.6 Å². The van der Waals surface area contributed by atoms with E-state index in [9.17, 15) is 9.59 Å². The summed E-state index contributed by atoms with van der Waals surface area (Å²) in [7, 11) is 0. The Morgan fingerprint density at radius 1 is 1.30 bits per heavy atom. The van der Waals surface area contributed by atoms with Gasteiger partial charge >= 0.3 is 12.1 Å². The molecule has 0 aliphatic rings. The number of hydrogen-bond acceptors (Lipinski definition) is 5. The fourth-order valence-corrected chi connectivity index (χ4v) is 2.10. The molecular formula is C13H17NO5S. The monoisotopic (exact) mass is 299 g/mol. The van der Waals surface area contributed by atoms with Crippen molar-refractivity contribution in [3.05, 3.63) is 35.9 Å². The van der Waals surface area contributed by atoms with Gasteiger partial charge in [-0.25, -0.2) is 9.59 Å². The van der Waals surface area contributed by atoms with Crippen molar-refractivity contribution in [3.63, 3.8) is 0 Å². The third kappa shape index (κ3) is 6.44. The van der Waals surface area contributed by atoms with E-state index in [2.05, 4.69) is 5.32 Å².